The summed E-state index contributed by atoms with van der Waals surface area (Å²) in [5, 5.41) is 8.82. The van der Waals surface area contributed by atoms with Gasteiger partial charge in [0.25, 0.3) is 0 Å². The number of hydrogen-bond donors (Lipinski definition) is 2. The van der Waals surface area contributed by atoms with Gasteiger partial charge >= 0.3 is 5.97 Å². The average Bonchev–Trinajstić information content (AvgIpc) is 2.12. The Morgan fingerprint density at radius 1 is 1.38 bits per heavy atom. The van der Waals surface area contributed by atoms with Crippen molar-refractivity contribution in [2.75, 3.05) is 12.3 Å². The topological polar surface area (TPSA) is 83.5 Å². The van der Waals surface area contributed by atoms with Crippen molar-refractivity contribution in [1.82, 2.24) is 4.72 Å². The standard InChI is InChI=1S/C10H21NO4S/c1-8(2)5-6-16(14,15)11-7-10(3,4)9(12)13/h8,11H,5-7H2,1-4H3,(H,12,13). The number of carboxylic acid groups (broad SMARTS) is 1. The Morgan fingerprint density at radius 3 is 2.25 bits per heavy atom. The smallest absolute Gasteiger partial charge is 0.310 e. The molecule has 0 aliphatic carbocycles. The molecule has 0 rings (SSSR count). The van der Waals surface area contributed by atoms with Crippen LogP contribution in [-0.2, 0) is 14.8 Å². The van der Waals surface area contributed by atoms with Gasteiger partial charge in [0.05, 0.1) is 11.2 Å². The second-order valence-electron chi connectivity index (χ2n) is 5.01. The molecule has 0 fully saturated rings. The maximum atomic E-state index is 11.5. The lowest BCUT2D eigenvalue weighted by Gasteiger charge is -2.19. The minimum Gasteiger partial charge on any atom is -0.481 e. The van der Waals surface area contributed by atoms with Crippen molar-refractivity contribution in [3.63, 3.8) is 0 Å². The van der Waals surface area contributed by atoms with Gasteiger partial charge in [-0.15, -0.1) is 0 Å². The molecule has 96 valence electrons. The molecule has 0 aliphatic rings. The number of nitrogens with one attached hydrogen (secondary N) is 1. The fourth-order valence-corrected chi connectivity index (χ4v) is 2.34. The first-order valence-corrected chi connectivity index (χ1v) is 6.93. The lowest BCUT2D eigenvalue weighted by molar-refractivity contribution is -0.146. The summed E-state index contributed by atoms with van der Waals surface area (Å²) in [7, 11) is -3.36. The van der Waals surface area contributed by atoms with Crippen LogP contribution in [0, 0.1) is 11.3 Å². The lowest BCUT2D eigenvalue weighted by Crippen LogP contribution is -2.39. The summed E-state index contributed by atoms with van der Waals surface area (Å²) in [6.07, 6.45) is 0.572. The zero-order valence-corrected chi connectivity index (χ0v) is 11.1. The zero-order valence-electron chi connectivity index (χ0n) is 10.3. The van der Waals surface area contributed by atoms with Crippen LogP contribution >= 0.6 is 0 Å². The van der Waals surface area contributed by atoms with E-state index in [0.29, 0.717) is 12.3 Å². The van der Waals surface area contributed by atoms with Gasteiger partial charge in [0.15, 0.2) is 0 Å². The van der Waals surface area contributed by atoms with Crippen molar-refractivity contribution in [2.24, 2.45) is 11.3 Å². The van der Waals surface area contributed by atoms with E-state index < -0.39 is 21.4 Å². The Labute approximate surface area is 97.3 Å². The summed E-state index contributed by atoms with van der Waals surface area (Å²) < 4.78 is 25.3. The minimum absolute atomic E-state index is 0.0420. The summed E-state index contributed by atoms with van der Waals surface area (Å²) in [6, 6.07) is 0. The van der Waals surface area contributed by atoms with Crippen LogP contribution < -0.4 is 4.72 Å². The molecule has 0 aromatic rings. The summed E-state index contributed by atoms with van der Waals surface area (Å²) in [5.41, 5.74) is -1.08. The van der Waals surface area contributed by atoms with Crippen LogP contribution in [0.3, 0.4) is 0 Å². The third-order valence-corrected chi connectivity index (χ3v) is 3.63. The van der Waals surface area contributed by atoms with Crippen LogP contribution in [0.4, 0.5) is 0 Å². The molecule has 5 nitrogen and oxygen atoms in total. The molecule has 0 saturated carbocycles. The molecule has 0 aromatic carbocycles. The number of sulfonamides is 1. The van der Waals surface area contributed by atoms with E-state index in [1.54, 1.807) is 0 Å². The predicted molar refractivity (Wildman–Crippen MR) is 62.7 cm³/mol. The third-order valence-electron chi connectivity index (χ3n) is 2.28. The van der Waals surface area contributed by atoms with E-state index in [-0.39, 0.29) is 12.3 Å². The van der Waals surface area contributed by atoms with Gasteiger partial charge in [-0.1, -0.05) is 13.8 Å². The summed E-state index contributed by atoms with van der Waals surface area (Å²) in [4.78, 5) is 10.8. The van der Waals surface area contributed by atoms with Crippen molar-refractivity contribution in [3.05, 3.63) is 0 Å². The summed E-state index contributed by atoms with van der Waals surface area (Å²) in [5.74, 6) is -0.663. The molecule has 0 saturated heterocycles. The highest BCUT2D eigenvalue weighted by Crippen LogP contribution is 2.14. The zero-order chi connectivity index (χ0) is 13.0. The second kappa shape index (κ2) is 5.63. The van der Waals surface area contributed by atoms with Crippen LogP contribution in [0.25, 0.3) is 0 Å². The highest BCUT2D eigenvalue weighted by Gasteiger charge is 2.28. The van der Waals surface area contributed by atoms with Gasteiger partial charge in [0.1, 0.15) is 0 Å². The minimum atomic E-state index is -3.36. The molecule has 6 heteroatoms. The molecular formula is C10H21NO4S. The van der Waals surface area contributed by atoms with E-state index in [1.165, 1.54) is 13.8 Å². The molecule has 2 N–H and O–H groups in total. The SMILES string of the molecule is CC(C)CCS(=O)(=O)NCC(C)(C)C(=O)O. The quantitative estimate of drug-likeness (QED) is 0.708. The molecule has 0 bridgehead atoms. The van der Waals surface area contributed by atoms with Gasteiger partial charge in [-0.2, -0.15) is 0 Å². The molecule has 16 heavy (non-hydrogen) atoms. The number of rotatable bonds is 7. The van der Waals surface area contributed by atoms with Crippen molar-refractivity contribution in [1.29, 1.82) is 0 Å². The Balaban J connectivity index is 4.25. The fraction of sp³-hybridized carbons (Fsp3) is 0.900. The first-order chi connectivity index (χ1) is 7.07. The van der Waals surface area contributed by atoms with E-state index in [4.69, 9.17) is 5.11 Å². The highest BCUT2D eigenvalue weighted by atomic mass is 32.2. The van der Waals surface area contributed by atoms with Gasteiger partial charge in [0.2, 0.25) is 10.0 Å². The Kier molecular flexibility index (Phi) is 5.41. The van der Waals surface area contributed by atoms with Crippen LogP contribution in [0.1, 0.15) is 34.1 Å². The molecule has 0 spiro atoms. The van der Waals surface area contributed by atoms with Crippen LogP contribution in [0.15, 0.2) is 0 Å². The van der Waals surface area contributed by atoms with Crippen molar-refractivity contribution in [3.8, 4) is 0 Å². The van der Waals surface area contributed by atoms with Crippen LogP contribution in [0.5, 0.6) is 0 Å². The van der Waals surface area contributed by atoms with Gasteiger partial charge in [-0.05, 0) is 26.2 Å². The maximum Gasteiger partial charge on any atom is 0.310 e. The Morgan fingerprint density at radius 2 is 1.88 bits per heavy atom. The van der Waals surface area contributed by atoms with E-state index >= 15 is 0 Å². The van der Waals surface area contributed by atoms with Crippen molar-refractivity contribution >= 4 is 16.0 Å². The number of aliphatic carboxylic acids is 1. The number of carbonyl (C=O) groups is 1. The molecule has 0 atom stereocenters. The second-order valence-corrected chi connectivity index (χ2v) is 6.94. The molecular weight excluding hydrogens is 230 g/mol. The average molecular weight is 251 g/mol. The largest absolute Gasteiger partial charge is 0.481 e. The van der Waals surface area contributed by atoms with Crippen molar-refractivity contribution < 1.29 is 18.3 Å². The van der Waals surface area contributed by atoms with Gasteiger partial charge in [0, 0.05) is 6.54 Å². The summed E-state index contributed by atoms with van der Waals surface area (Å²) in [6.45, 7) is 6.77. The normalized spacial score (nSPS) is 13.1. The predicted octanol–water partition coefficient (Wildman–Crippen LogP) is 1.06. The Hall–Kier alpha value is -0.620. The van der Waals surface area contributed by atoms with E-state index in [1.807, 2.05) is 13.8 Å². The molecule has 0 heterocycles. The molecule has 0 amide bonds. The van der Waals surface area contributed by atoms with E-state index in [2.05, 4.69) is 4.72 Å². The van der Waals surface area contributed by atoms with E-state index in [0.717, 1.165) is 0 Å². The van der Waals surface area contributed by atoms with Gasteiger partial charge < -0.3 is 5.11 Å². The molecule has 0 aliphatic heterocycles. The van der Waals surface area contributed by atoms with Gasteiger partial charge in [-0.25, -0.2) is 13.1 Å². The fourth-order valence-electron chi connectivity index (χ4n) is 0.829. The summed E-state index contributed by atoms with van der Waals surface area (Å²) >= 11 is 0. The first-order valence-electron chi connectivity index (χ1n) is 5.27. The molecule has 0 radical (unpaired) electrons. The third kappa shape index (κ3) is 6.07. The number of carboxylic acids is 1. The van der Waals surface area contributed by atoms with Crippen LogP contribution in [-0.4, -0.2) is 31.8 Å². The Bertz CT molecular complexity index is 333. The molecule has 0 aromatic heterocycles. The highest BCUT2D eigenvalue weighted by molar-refractivity contribution is 7.89. The van der Waals surface area contributed by atoms with Crippen LogP contribution in [0.2, 0.25) is 0 Å². The first kappa shape index (κ1) is 15.4. The van der Waals surface area contributed by atoms with E-state index in [9.17, 15) is 13.2 Å². The number of hydrogen-bond acceptors (Lipinski definition) is 3. The maximum absolute atomic E-state index is 11.5. The van der Waals surface area contributed by atoms with Crippen molar-refractivity contribution in [2.45, 2.75) is 34.1 Å². The lowest BCUT2D eigenvalue weighted by atomic mass is 9.95. The van der Waals surface area contributed by atoms with Gasteiger partial charge in [-0.3, -0.25) is 4.79 Å². The monoisotopic (exact) mass is 251 g/mol. The molecule has 0 unspecified atom stereocenters.